The topological polar surface area (TPSA) is 97.8 Å². The van der Waals surface area contributed by atoms with E-state index in [0.717, 1.165) is 5.56 Å². The minimum absolute atomic E-state index is 0.00450. The molecule has 7 heteroatoms. The van der Waals surface area contributed by atoms with Crippen molar-refractivity contribution in [2.45, 2.75) is 26.1 Å². The molecule has 0 aliphatic carbocycles. The average Bonchev–Trinajstić information content (AvgIpc) is 2.64. The maximum Gasteiger partial charge on any atom is 0.335 e. The number of pyridine rings is 1. The van der Waals surface area contributed by atoms with Crippen LogP contribution in [-0.4, -0.2) is 41.7 Å². The molecule has 0 bridgehead atoms. The molecule has 0 saturated heterocycles. The minimum Gasteiger partial charge on any atom is -0.496 e. The van der Waals surface area contributed by atoms with Gasteiger partial charge < -0.3 is 19.9 Å². The summed E-state index contributed by atoms with van der Waals surface area (Å²) in [5.74, 6) is -0.921. The van der Waals surface area contributed by atoms with Crippen LogP contribution in [0.15, 0.2) is 42.6 Å². The van der Waals surface area contributed by atoms with Crippen LogP contribution in [0.5, 0.6) is 5.75 Å². The van der Waals surface area contributed by atoms with E-state index in [2.05, 4.69) is 10.3 Å². The quantitative estimate of drug-likeness (QED) is 0.753. The van der Waals surface area contributed by atoms with Gasteiger partial charge in [0.25, 0.3) is 5.91 Å². The number of aromatic nitrogens is 1. The molecule has 1 amide bonds. The lowest BCUT2D eigenvalue weighted by atomic mass is 10.1. The molecule has 0 aliphatic heterocycles. The molecule has 138 valence electrons. The van der Waals surface area contributed by atoms with Crippen LogP contribution in [0, 0.1) is 0 Å². The van der Waals surface area contributed by atoms with E-state index in [-0.39, 0.29) is 23.9 Å². The highest BCUT2D eigenvalue weighted by Gasteiger charge is 2.20. The number of aromatic carboxylic acids is 1. The van der Waals surface area contributed by atoms with Gasteiger partial charge in [-0.15, -0.1) is 0 Å². The van der Waals surface area contributed by atoms with E-state index in [1.807, 2.05) is 38.1 Å². The van der Waals surface area contributed by atoms with Crippen LogP contribution in [0.3, 0.4) is 0 Å². The molecule has 1 unspecified atom stereocenters. The summed E-state index contributed by atoms with van der Waals surface area (Å²) in [7, 11) is 1.57. The summed E-state index contributed by atoms with van der Waals surface area (Å²) >= 11 is 0. The normalized spacial score (nSPS) is 11.8. The molecule has 1 aromatic heterocycles. The molecule has 2 N–H and O–H groups in total. The van der Waals surface area contributed by atoms with Crippen LogP contribution in [0.25, 0.3) is 0 Å². The number of hydrogen-bond donors (Lipinski definition) is 2. The largest absolute Gasteiger partial charge is 0.496 e. The molecule has 0 spiro atoms. The Labute approximate surface area is 152 Å². The number of carboxylic acids is 1. The van der Waals surface area contributed by atoms with Gasteiger partial charge in [0.05, 0.1) is 18.8 Å². The third kappa shape index (κ3) is 5.03. The highest BCUT2D eigenvalue weighted by molar-refractivity contribution is 5.95. The second-order valence-corrected chi connectivity index (χ2v) is 5.86. The highest BCUT2D eigenvalue weighted by atomic mass is 16.5. The Morgan fingerprint density at radius 3 is 2.62 bits per heavy atom. The SMILES string of the molecule is COc1ccccc1C(CNC(=O)c1cc(C(=O)O)ccn1)OC(C)C. The molecule has 2 aromatic rings. The number of carbonyl (C=O) groups is 2. The second kappa shape index (κ2) is 8.96. The molecule has 0 aliphatic rings. The van der Waals surface area contributed by atoms with Gasteiger partial charge in [0.2, 0.25) is 0 Å². The number of methoxy groups -OCH3 is 1. The Kier molecular flexibility index (Phi) is 6.68. The van der Waals surface area contributed by atoms with Crippen LogP contribution < -0.4 is 10.1 Å². The van der Waals surface area contributed by atoms with Gasteiger partial charge >= 0.3 is 5.97 Å². The fraction of sp³-hybridized carbons (Fsp3) is 0.316. The van der Waals surface area contributed by atoms with Crippen molar-refractivity contribution in [3.05, 3.63) is 59.4 Å². The number of hydrogen-bond acceptors (Lipinski definition) is 5. The smallest absolute Gasteiger partial charge is 0.335 e. The van der Waals surface area contributed by atoms with Gasteiger partial charge in [-0.1, -0.05) is 18.2 Å². The zero-order valence-electron chi connectivity index (χ0n) is 14.9. The molecular formula is C19H22N2O5. The van der Waals surface area contributed by atoms with Crippen molar-refractivity contribution in [2.24, 2.45) is 0 Å². The lowest BCUT2D eigenvalue weighted by molar-refractivity contribution is 0.00608. The Morgan fingerprint density at radius 2 is 1.96 bits per heavy atom. The number of para-hydroxylation sites is 1. The van der Waals surface area contributed by atoms with Crippen molar-refractivity contribution >= 4 is 11.9 Å². The molecule has 1 heterocycles. The first kappa shape index (κ1) is 19.4. The Bertz CT molecular complexity index is 776. The predicted octanol–water partition coefficient (Wildman–Crippen LogP) is 2.68. The van der Waals surface area contributed by atoms with Crippen molar-refractivity contribution in [1.82, 2.24) is 10.3 Å². The van der Waals surface area contributed by atoms with E-state index in [4.69, 9.17) is 14.6 Å². The lowest BCUT2D eigenvalue weighted by Crippen LogP contribution is -2.31. The zero-order valence-corrected chi connectivity index (χ0v) is 14.9. The monoisotopic (exact) mass is 358 g/mol. The summed E-state index contributed by atoms with van der Waals surface area (Å²) in [6, 6.07) is 9.99. The van der Waals surface area contributed by atoms with E-state index in [0.29, 0.717) is 5.75 Å². The fourth-order valence-corrected chi connectivity index (χ4v) is 2.46. The first-order chi connectivity index (χ1) is 12.4. The Hall–Kier alpha value is -2.93. The number of nitrogens with one attached hydrogen (secondary N) is 1. The van der Waals surface area contributed by atoms with Gasteiger partial charge in [-0.3, -0.25) is 9.78 Å². The van der Waals surface area contributed by atoms with Crippen molar-refractivity contribution in [3.8, 4) is 5.75 Å². The van der Waals surface area contributed by atoms with Crippen LogP contribution >= 0.6 is 0 Å². The van der Waals surface area contributed by atoms with Gasteiger partial charge in [0.15, 0.2) is 0 Å². The molecule has 1 atom stereocenters. The maximum absolute atomic E-state index is 12.3. The first-order valence-electron chi connectivity index (χ1n) is 8.18. The fourth-order valence-electron chi connectivity index (χ4n) is 2.46. The minimum atomic E-state index is -1.11. The van der Waals surface area contributed by atoms with Crippen molar-refractivity contribution in [3.63, 3.8) is 0 Å². The van der Waals surface area contributed by atoms with E-state index < -0.39 is 18.0 Å². The summed E-state index contributed by atoms with van der Waals surface area (Å²) in [5, 5.41) is 11.8. The molecule has 0 radical (unpaired) electrons. The summed E-state index contributed by atoms with van der Waals surface area (Å²) < 4.78 is 11.3. The summed E-state index contributed by atoms with van der Waals surface area (Å²) in [4.78, 5) is 27.3. The predicted molar refractivity (Wildman–Crippen MR) is 95.5 cm³/mol. The molecule has 7 nitrogen and oxygen atoms in total. The second-order valence-electron chi connectivity index (χ2n) is 5.86. The van der Waals surface area contributed by atoms with E-state index in [1.165, 1.54) is 18.3 Å². The van der Waals surface area contributed by atoms with Gasteiger partial charge in [0, 0.05) is 18.3 Å². The van der Waals surface area contributed by atoms with Gasteiger partial charge in [-0.25, -0.2) is 4.79 Å². The number of rotatable bonds is 8. The van der Waals surface area contributed by atoms with Crippen LogP contribution in [0.2, 0.25) is 0 Å². The van der Waals surface area contributed by atoms with Gasteiger partial charge in [-0.05, 0) is 32.0 Å². The highest BCUT2D eigenvalue weighted by Crippen LogP contribution is 2.28. The molecule has 26 heavy (non-hydrogen) atoms. The molecular weight excluding hydrogens is 336 g/mol. The van der Waals surface area contributed by atoms with Crippen LogP contribution in [-0.2, 0) is 4.74 Å². The molecule has 0 saturated carbocycles. The number of benzene rings is 1. The number of carboxylic acid groups (broad SMARTS) is 1. The van der Waals surface area contributed by atoms with Gasteiger partial charge in [0.1, 0.15) is 17.5 Å². The first-order valence-corrected chi connectivity index (χ1v) is 8.18. The standard InChI is InChI=1S/C19H22N2O5/c1-12(2)26-17(14-6-4-5-7-16(14)25-3)11-21-18(22)15-10-13(19(23)24)8-9-20-15/h4-10,12,17H,11H2,1-3H3,(H,21,22)(H,23,24). The third-order valence-electron chi connectivity index (χ3n) is 3.61. The van der Waals surface area contributed by atoms with Crippen LogP contribution in [0.4, 0.5) is 0 Å². The molecule has 1 aromatic carbocycles. The van der Waals surface area contributed by atoms with Crippen molar-refractivity contribution < 1.29 is 24.2 Å². The van der Waals surface area contributed by atoms with E-state index in [9.17, 15) is 9.59 Å². The summed E-state index contributed by atoms with van der Waals surface area (Å²) in [6.07, 6.45) is 0.814. The number of ether oxygens (including phenoxy) is 2. The Balaban J connectivity index is 2.15. The number of nitrogens with zero attached hydrogens (tertiary/aromatic N) is 1. The van der Waals surface area contributed by atoms with Gasteiger partial charge in [-0.2, -0.15) is 0 Å². The van der Waals surface area contributed by atoms with Crippen molar-refractivity contribution in [1.29, 1.82) is 0 Å². The van der Waals surface area contributed by atoms with E-state index >= 15 is 0 Å². The third-order valence-corrected chi connectivity index (χ3v) is 3.61. The number of carbonyl (C=O) groups excluding carboxylic acids is 1. The summed E-state index contributed by atoms with van der Waals surface area (Å²) in [6.45, 7) is 4.00. The maximum atomic E-state index is 12.3. The average molecular weight is 358 g/mol. The Morgan fingerprint density at radius 1 is 1.23 bits per heavy atom. The van der Waals surface area contributed by atoms with Crippen LogP contribution in [0.1, 0.15) is 46.4 Å². The summed E-state index contributed by atoms with van der Waals surface area (Å²) in [5.41, 5.74) is 0.856. The molecule has 2 rings (SSSR count). The zero-order chi connectivity index (χ0) is 19.1. The molecule has 0 fully saturated rings. The van der Waals surface area contributed by atoms with Crippen molar-refractivity contribution in [2.75, 3.05) is 13.7 Å². The number of amides is 1. The van der Waals surface area contributed by atoms with E-state index in [1.54, 1.807) is 7.11 Å². The lowest BCUT2D eigenvalue weighted by Gasteiger charge is -2.23.